The topological polar surface area (TPSA) is 58.4 Å². The number of nitrogens with zero attached hydrogens (tertiary/aromatic N) is 4. The summed E-state index contributed by atoms with van der Waals surface area (Å²) in [5.41, 5.74) is 3.08. The van der Waals surface area contributed by atoms with Gasteiger partial charge in [-0.05, 0) is 36.8 Å². The van der Waals surface area contributed by atoms with Gasteiger partial charge in [-0.15, -0.1) is 0 Å². The van der Waals surface area contributed by atoms with Gasteiger partial charge in [0.25, 0.3) is 5.56 Å². The Morgan fingerprint density at radius 3 is 2.59 bits per heavy atom. The van der Waals surface area contributed by atoms with Crippen LogP contribution < -0.4 is 5.56 Å². The number of hydrogen-bond donors (Lipinski definition) is 0. The zero-order valence-corrected chi connectivity index (χ0v) is 16.8. The molecule has 0 bridgehead atoms. The lowest BCUT2D eigenvalue weighted by atomic mass is 9.97. The number of carbonyl (C=O) groups is 1. The fourth-order valence-corrected chi connectivity index (χ4v) is 4.02. The molecule has 152 valence electrons. The summed E-state index contributed by atoms with van der Waals surface area (Å²) >= 11 is 0. The largest absolute Gasteiger partial charge is 0.339 e. The first-order valence-corrected chi connectivity index (χ1v) is 10.5. The van der Waals surface area contributed by atoms with E-state index in [1.54, 1.807) is 6.07 Å². The first-order chi connectivity index (χ1) is 14.2. The molecule has 1 aromatic heterocycles. The molecule has 0 N–H and O–H groups in total. The molecule has 1 amide bonds. The Hall–Kier alpha value is -2.73. The van der Waals surface area contributed by atoms with Gasteiger partial charge >= 0.3 is 0 Å². The molecule has 1 aliphatic carbocycles. The van der Waals surface area contributed by atoms with Crippen molar-refractivity contribution in [1.82, 2.24) is 19.6 Å². The number of fused-ring (bicyclic) bond motifs is 1. The molecule has 1 aliphatic heterocycles. The van der Waals surface area contributed by atoms with Gasteiger partial charge in [-0.25, -0.2) is 4.68 Å². The predicted octanol–water partition coefficient (Wildman–Crippen LogP) is 1.98. The average molecular weight is 393 g/mol. The minimum Gasteiger partial charge on any atom is -0.339 e. The van der Waals surface area contributed by atoms with Crippen LogP contribution in [0.2, 0.25) is 0 Å². The van der Waals surface area contributed by atoms with Crippen molar-refractivity contribution in [2.24, 2.45) is 0 Å². The van der Waals surface area contributed by atoms with Gasteiger partial charge in [-0.1, -0.05) is 42.5 Å². The molecular formula is C23H28N4O2. The number of benzene rings is 1. The van der Waals surface area contributed by atoms with Crippen LogP contribution >= 0.6 is 0 Å². The van der Waals surface area contributed by atoms with Gasteiger partial charge in [0.2, 0.25) is 5.91 Å². The van der Waals surface area contributed by atoms with Crippen LogP contribution in [-0.4, -0.2) is 58.2 Å². The molecule has 29 heavy (non-hydrogen) atoms. The van der Waals surface area contributed by atoms with E-state index in [4.69, 9.17) is 0 Å². The highest BCUT2D eigenvalue weighted by molar-refractivity contribution is 5.76. The summed E-state index contributed by atoms with van der Waals surface area (Å²) in [6.45, 7) is 3.99. The number of carbonyl (C=O) groups excluding carboxylic acids is 1. The quantitative estimate of drug-likeness (QED) is 0.781. The molecule has 2 heterocycles. The molecule has 0 unspecified atom stereocenters. The second-order valence-corrected chi connectivity index (χ2v) is 7.81. The highest BCUT2D eigenvalue weighted by Crippen LogP contribution is 2.17. The van der Waals surface area contributed by atoms with Crippen molar-refractivity contribution >= 4 is 12.0 Å². The summed E-state index contributed by atoms with van der Waals surface area (Å²) in [5.74, 6) is -0.0187. The highest BCUT2D eigenvalue weighted by Gasteiger charge is 2.22. The molecular weight excluding hydrogens is 364 g/mol. The monoisotopic (exact) mass is 392 g/mol. The van der Waals surface area contributed by atoms with Gasteiger partial charge in [0.05, 0.1) is 5.69 Å². The van der Waals surface area contributed by atoms with E-state index in [0.29, 0.717) is 13.1 Å². The molecule has 0 atom stereocenters. The molecule has 2 aromatic rings. The van der Waals surface area contributed by atoms with E-state index in [0.717, 1.165) is 56.6 Å². The van der Waals surface area contributed by atoms with Crippen LogP contribution in [0.4, 0.5) is 0 Å². The van der Waals surface area contributed by atoms with Crippen LogP contribution in [0.3, 0.4) is 0 Å². The Bertz CT molecular complexity index is 928. The molecule has 0 radical (unpaired) electrons. The Morgan fingerprint density at radius 2 is 1.79 bits per heavy atom. The van der Waals surface area contributed by atoms with E-state index in [1.165, 1.54) is 10.2 Å². The maximum Gasteiger partial charge on any atom is 0.267 e. The lowest BCUT2D eigenvalue weighted by Crippen LogP contribution is -2.50. The van der Waals surface area contributed by atoms with Crippen molar-refractivity contribution in [2.75, 3.05) is 32.7 Å². The van der Waals surface area contributed by atoms with Crippen LogP contribution in [0.25, 0.3) is 6.08 Å². The van der Waals surface area contributed by atoms with Crippen molar-refractivity contribution < 1.29 is 4.79 Å². The van der Waals surface area contributed by atoms with Crippen LogP contribution in [0.15, 0.2) is 47.3 Å². The van der Waals surface area contributed by atoms with Gasteiger partial charge < -0.3 is 4.90 Å². The Morgan fingerprint density at radius 1 is 1.03 bits per heavy atom. The molecule has 1 aromatic carbocycles. The lowest BCUT2D eigenvalue weighted by molar-refractivity contribution is -0.133. The summed E-state index contributed by atoms with van der Waals surface area (Å²) < 4.78 is 1.35. The maximum absolute atomic E-state index is 12.7. The second kappa shape index (κ2) is 9.18. The van der Waals surface area contributed by atoms with Crippen LogP contribution in [-0.2, 0) is 24.2 Å². The summed E-state index contributed by atoms with van der Waals surface area (Å²) in [4.78, 5) is 29.2. The van der Waals surface area contributed by atoms with Crippen molar-refractivity contribution in [3.05, 3.63) is 69.6 Å². The van der Waals surface area contributed by atoms with Gasteiger partial charge in [0.1, 0.15) is 6.54 Å². The van der Waals surface area contributed by atoms with Crippen LogP contribution in [0, 0.1) is 0 Å². The first kappa shape index (κ1) is 19.6. The van der Waals surface area contributed by atoms with Crippen molar-refractivity contribution in [2.45, 2.75) is 32.2 Å². The number of hydrogen-bond acceptors (Lipinski definition) is 4. The molecule has 1 saturated heterocycles. The molecule has 4 rings (SSSR count). The second-order valence-electron chi connectivity index (χ2n) is 7.81. The molecule has 1 fully saturated rings. The predicted molar refractivity (Wildman–Crippen MR) is 114 cm³/mol. The number of aromatic nitrogens is 2. The SMILES string of the molecule is O=C(Cn1nc2c(cc1=O)CCCC2)N1CCN(CC=Cc2ccccc2)CC1. The van der Waals surface area contributed by atoms with Crippen molar-refractivity contribution in [3.8, 4) is 0 Å². The zero-order chi connectivity index (χ0) is 20.1. The average Bonchev–Trinajstić information content (AvgIpc) is 2.75. The lowest BCUT2D eigenvalue weighted by Gasteiger charge is -2.34. The van der Waals surface area contributed by atoms with E-state index >= 15 is 0 Å². The van der Waals surface area contributed by atoms with E-state index in [1.807, 2.05) is 23.1 Å². The van der Waals surface area contributed by atoms with Crippen molar-refractivity contribution in [1.29, 1.82) is 0 Å². The molecule has 6 nitrogen and oxygen atoms in total. The highest BCUT2D eigenvalue weighted by atomic mass is 16.2. The zero-order valence-electron chi connectivity index (χ0n) is 16.8. The number of amides is 1. The van der Waals surface area contributed by atoms with Crippen LogP contribution in [0.1, 0.15) is 29.7 Å². The number of rotatable bonds is 5. The minimum atomic E-state index is -0.163. The summed E-state index contributed by atoms with van der Waals surface area (Å²) in [6, 6.07) is 11.9. The fourth-order valence-electron chi connectivity index (χ4n) is 4.02. The smallest absolute Gasteiger partial charge is 0.267 e. The Balaban J connectivity index is 1.28. The van der Waals surface area contributed by atoms with Gasteiger partial charge in [0, 0.05) is 38.8 Å². The molecule has 0 spiro atoms. The third-order valence-corrected chi connectivity index (χ3v) is 5.76. The summed E-state index contributed by atoms with van der Waals surface area (Å²) in [6.07, 6.45) is 8.34. The standard InChI is InChI=1S/C23H28N4O2/c28-22-17-20-10-4-5-11-21(20)24-27(22)18-23(29)26-15-13-25(14-16-26)12-6-9-19-7-2-1-3-8-19/h1-3,6-9,17H,4-5,10-16,18H2. The number of piperazine rings is 1. The number of aryl methyl sites for hydroxylation is 2. The Labute approximate surface area is 171 Å². The molecule has 6 heteroatoms. The van der Waals surface area contributed by atoms with E-state index in [2.05, 4.69) is 34.3 Å². The minimum absolute atomic E-state index is 0.0187. The molecule has 2 aliphatic rings. The van der Waals surface area contributed by atoms with Gasteiger partial charge in [0.15, 0.2) is 0 Å². The summed E-state index contributed by atoms with van der Waals surface area (Å²) in [7, 11) is 0. The van der Waals surface area contributed by atoms with Gasteiger partial charge in [-0.3, -0.25) is 14.5 Å². The molecule has 0 saturated carbocycles. The van der Waals surface area contributed by atoms with Gasteiger partial charge in [-0.2, -0.15) is 5.10 Å². The van der Waals surface area contributed by atoms with Crippen LogP contribution in [0.5, 0.6) is 0 Å². The van der Waals surface area contributed by atoms with E-state index in [-0.39, 0.29) is 18.0 Å². The van der Waals surface area contributed by atoms with E-state index < -0.39 is 0 Å². The van der Waals surface area contributed by atoms with E-state index in [9.17, 15) is 9.59 Å². The fraction of sp³-hybridized carbons (Fsp3) is 0.435. The third kappa shape index (κ3) is 5.01. The van der Waals surface area contributed by atoms with Crippen molar-refractivity contribution in [3.63, 3.8) is 0 Å². The normalized spacial score (nSPS) is 17.4. The first-order valence-electron chi connectivity index (χ1n) is 10.5. The third-order valence-electron chi connectivity index (χ3n) is 5.76. The maximum atomic E-state index is 12.7. The summed E-state index contributed by atoms with van der Waals surface area (Å²) in [5, 5.41) is 4.47. The Kier molecular flexibility index (Phi) is 6.20.